The molecule has 1 fully saturated rings. The van der Waals surface area contributed by atoms with Gasteiger partial charge in [-0.25, -0.2) is 0 Å². The molecule has 0 aliphatic carbocycles. The van der Waals surface area contributed by atoms with E-state index in [2.05, 4.69) is 13.8 Å². The Labute approximate surface area is 104 Å². The minimum Gasteiger partial charge on any atom is -0.376 e. The summed E-state index contributed by atoms with van der Waals surface area (Å²) in [6.45, 7) is 7.40. The van der Waals surface area contributed by atoms with E-state index in [-0.39, 0.29) is 12.0 Å². The lowest BCUT2D eigenvalue weighted by atomic mass is 10.1. The van der Waals surface area contributed by atoms with Crippen molar-refractivity contribution in [2.24, 2.45) is 11.7 Å². The van der Waals surface area contributed by atoms with Crippen LogP contribution in [0.4, 0.5) is 0 Å². The van der Waals surface area contributed by atoms with Crippen LogP contribution in [0.5, 0.6) is 0 Å². The minimum atomic E-state index is 0.227. The van der Waals surface area contributed by atoms with Crippen molar-refractivity contribution in [3.8, 4) is 0 Å². The summed E-state index contributed by atoms with van der Waals surface area (Å²) in [7, 11) is 0. The molecule has 4 heteroatoms. The van der Waals surface area contributed by atoms with Crippen LogP contribution in [0.2, 0.25) is 0 Å². The van der Waals surface area contributed by atoms with E-state index < -0.39 is 0 Å². The average Bonchev–Trinajstić information content (AvgIpc) is 2.74. The van der Waals surface area contributed by atoms with Gasteiger partial charge in [0.05, 0.1) is 6.10 Å². The van der Waals surface area contributed by atoms with E-state index in [4.69, 9.17) is 10.5 Å². The molecule has 0 radical (unpaired) electrons. The van der Waals surface area contributed by atoms with Gasteiger partial charge in [-0.05, 0) is 31.7 Å². The van der Waals surface area contributed by atoms with E-state index in [1.54, 1.807) is 0 Å². The fraction of sp³-hybridized carbons (Fsp3) is 0.923. The molecule has 0 aromatic carbocycles. The Bertz CT molecular complexity index is 231. The quantitative estimate of drug-likeness (QED) is 0.734. The Morgan fingerprint density at radius 1 is 1.53 bits per heavy atom. The number of carbonyl (C=O) groups excluding carboxylic acids is 1. The van der Waals surface area contributed by atoms with E-state index in [0.29, 0.717) is 18.9 Å². The van der Waals surface area contributed by atoms with E-state index >= 15 is 0 Å². The molecule has 1 aliphatic heterocycles. The number of hydrogen-bond acceptors (Lipinski definition) is 3. The van der Waals surface area contributed by atoms with Crippen LogP contribution in [-0.2, 0) is 9.53 Å². The maximum absolute atomic E-state index is 11.7. The molecule has 1 unspecified atom stereocenters. The molecule has 1 rings (SSSR count). The zero-order chi connectivity index (χ0) is 12.7. The maximum atomic E-state index is 11.7. The fourth-order valence-corrected chi connectivity index (χ4v) is 1.97. The highest BCUT2D eigenvalue weighted by molar-refractivity contribution is 5.76. The lowest BCUT2D eigenvalue weighted by Gasteiger charge is -2.17. The van der Waals surface area contributed by atoms with Gasteiger partial charge < -0.3 is 15.4 Å². The van der Waals surface area contributed by atoms with Gasteiger partial charge in [0.2, 0.25) is 5.91 Å². The summed E-state index contributed by atoms with van der Waals surface area (Å²) in [5, 5.41) is 0. The SMILES string of the molecule is CC(C)CCOC1CCN(C(=O)CCCN)C1. The second-order valence-electron chi connectivity index (χ2n) is 5.20. The molecule has 1 aliphatic rings. The number of amides is 1. The van der Waals surface area contributed by atoms with Gasteiger partial charge in [-0.15, -0.1) is 0 Å². The van der Waals surface area contributed by atoms with E-state index in [1.165, 1.54) is 0 Å². The van der Waals surface area contributed by atoms with Crippen molar-refractivity contribution >= 4 is 5.91 Å². The Morgan fingerprint density at radius 2 is 2.29 bits per heavy atom. The molecule has 0 aromatic heterocycles. The van der Waals surface area contributed by atoms with Crippen LogP contribution >= 0.6 is 0 Å². The van der Waals surface area contributed by atoms with Gasteiger partial charge in [-0.1, -0.05) is 13.8 Å². The minimum absolute atomic E-state index is 0.227. The Morgan fingerprint density at radius 3 is 2.94 bits per heavy atom. The number of rotatable bonds is 7. The van der Waals surface area contributed by atoms with Gasteiger partial charge in [-0.3, -0.25) is 4.79 Å². The van der Waals surface area contributed by atoms with Gasteiger partial charge in [0.25, 0.3) is 0 Å². The first-order valence-corrected chi connectivity index (χ1v) is 6.73. The molecule has 0 aromatic rings. The fourth-order valence-electron chi connectivity index (χ4n) is 1.97. The first-order chi connectivity index (χ1) is 8.13. The van der Waals surface area contributed by atoms with Gasteiger partial charge in [0, 0.05) is 26.1 Å². The molecule has 1 heterocycles. The van der Waals surface area contributed by atoms with Gasteiger partial charge in [0.15, 0.2) is 0 Å². The third kappa shape index (κ3) is 5.50. The van der Waals surface area contributed by atoms with Crippen LogP contribution in [0.3, 0.4) is 0 Å². The lowest BCUT2D eigenvalue weighted by Crippen LogP contribution is -2.30. The average molecular weight is 242 g/mol. The number of nitrogens with zero attached hydrogens (tertiary/aromatic N) is 1. The summed E-state index contributed by atoms with van der Waals surface area (Å²) in [4.78, 5) is 13.7. The smallest absolute Gasteiger partial charge is 0.222 e. The maximum Gasteiger partial charge on any atom is 0.222 e. The Kier molecular flexibility index (Phi) is 6.52. The summed E-state index contributed by atoms with van der Waals surface area (Å²) < 4.78 is 5.78. The number of carbonyl (C=O) groups is 1. The number of hydrogen-bond donors (Lipinski definition) is 1. The Hall–Kier alpha value is -0.610. The third-order valence-corrected chi connectivity index (χ3v) is 3.14. The van der Waals surface area contributed by atoms with Crippen molar-refractivity contribution in [3.05, 3.63) is 0 Å². The molecular formula is C13H26N2O2. The molecule has 1 saturated heterocycles. The molecule has 1 amide bonds. The summed E-state index contributed by atoms with van der Waals surface area (Å²) in [5.41, 5.74) is 5.40. The van der Waals surface area contributed by atoms with E-state index in [9.17, 15) is 4.79 Å². The molecule has 0 bridgehead atoms. The largest absolute Gasteiger partial charge is 0.376 e. The van der Waals surface area contributed by atoms with Gasteiger partial charge in [0.1, 0.15) is 0 Å². The first kappa shape index (κ1) is 14.5. The third-order valence-electron chi connectivity index (χ3n) is 3.14. The van der Waals surface area contributed by atoms with Crippen LogP contribution in [-0.4, -0.2) is 43.2 Å². The second-order valence-corrected chi connectivity index (χ2v) is 5.20. The normalized spacial score (nSPS) is 20.2. The molecule has 0 spiro atoms. The zero-order valence-electron chi connectivity index (χ0n) is 11.2. The van der Waals surface area contributed by atoms with Crippen molar-refractivity contribution in [2.45, 2.75) is 45.6 Å². The van der Waals surface area contributed by atoms with Crippen LogP contribution < -0.4 is 5.73 Å². The van der Waals surface area contributed by atoms with Crippen molar-refractivity contribution < 1.29 is 9.53 Å². The number of nitrogens with two attached hydrogens (primary N) is 1. The summed E-state index contributed by atoms with van der Waals surface area (Å²) >= 11 is 0. The summed E-state index contributed by atoms with van der Waals surface area (Å²) in [6, 6.07) is 0. The standard InChI is InChI=1S/C13H26N2O2/c1-11(2)6-9-17-12-5-8-15(10-12)13(16)4-3-7-14/h11-12H,3-10,14H2,1-2H3. The monoisotopic (exact) mass is 242 g/mol. The van der Waals surface area contributed by atoms with E-state index in [0.717, 1.165) is 39.0 Å². The highest BCUT2D eigenvalue weighted by Crippen LogP contribution is 2.15. The number of likely N-dealkylation sites (tertiary alicyclic amines) is 1. The molecule has 17 heavy (non-hydrogen) atoms. The highest BCUT2D eigenvalue weighted by Gasteiger charge is 2.26. The van der Waals surface area contributed by atoms with Crippen molar-refractivity contribution in [2.75, 3.05) is 26.2 Å². The van der Waals surface area contributed by atoms with Crippen molar-refractivity contribution in [1.29, 1.82) is 0 Å². The van der Waals surface area contributed by atoms with Crippen molar-refractivity contribution in [3.63, 3.8) is 0 Å². The van der Waals surface area contributed by atoms with Crippen LogP contribution in [0, 0.1) is 5.92 Å². The van der Waals surface area contributed by atoms with Gasteiger partial charge in [-0.2, -0.15) is 0 Å². The summed E-state index contributed by atoms with van der Waals surface area (Å²) in [5.74, 6) is 0.907. The van der Waals surface area contributed by atoms with Crippen LogP contribution in [0.15, 0.2) is 0 Å². The highest BCUT2D eigenvalue weighted by atomic mass is 16.5. The number of ether oxygens (including phenoxy) is 1. The van der Waals surface area contributed by atoms with Crippen LogP contribution in [0.25, 0.3) is 0 Å². The van der Waals surface area contributed by atoms with Crippen molar-refractivity contribution in [1.82, 2.24) is 4.90 Å². The predicted octanol–water partition coefficient (Wildman–Crippen LogP) is 1.39. The van der Waals surface area contributed by atoms with E-state index in [1.807, 2.05) is 4.90 Å². The van der Waals surface area contributed by atoms with Gasteiger partial charge >= 0.3 is 0 Å². The molecular weight excluding hydrogens is 216 g/mol. The second kappa shape index (κ2) is 7.67. The zero-order valence-corrected chi connectivity index (χ0v) is 11.2. The van der Waals surface area contributed by atoms with Crippen LogP contribution in [0.1, 0.15) is 39.5 Å². The molecule has 4 nitrogen and oxygen atoms in total. The Balaban J connectivity index is 2.16. The molecule has 2 N–H and O–H groups in total. The lowest BCUT2D eigenvalue weighted by molar-refractivity contribution is -0.130. The molecule has 1 atom stereocenters. The predicted molar refractivity (Wildman–Crippen MR) is 68.7 cm³/mol. The molecule has 0 saturated carbocycles. The molecule has 100 valence electrons. The topological polar surface area (TPSA) is 55.6 Å². The first-order valence-electron chi connectivity index (χ1n) is 6.73. The summed E-state index contributed by atoms with van der Waals surface area (Å²) in [6.07, 6.45) is 3.68.